The summed E-state index contributed by atoms with van der Waals surface area (Å²) in [4.78, 5) is 5.45. The van der Waals surface area contributed by atoms with Gasteiger partial charge in [-0.15, -0.1) is 22.7 Å². The van der Waals surface area contributed by atoms with Crippen LogP contribution in [0.25, 0.3) is 107 Å². The van der Waals surface area contributed by atoms with Crippen LogP contribution in [-0.4, -0.2) is 14.1 Å². The Bertz CT molecular complexity index is 3430. The van der Waals surface area contributed by atoms with Crippen LogP contribution in [0.2, 0.25) is 0 Å². The molecule has 0 aliphatic rings. The Hall–Kier alpha value is -6.27. The topological polar surface area (TPSA) is 22.8 Å². The summed E-state index contributed by atoms with van der Waals surface area (Å²) in [5, 5.41) is 10.1. The zero-order valence-electron chi connectivity index (χ0n) is 27.7. The highest BCUT2D eigenvalue weighted by Crippen LogP contribution is 2.43. The van der Waals surface area contributed by atoms with Crippen molar-refractivity contribution in [2.45, 2.75) is 0 Å². The number of pyridine rings is 1. The van der Waals surface area contributed by atoms with Crippen molar-refractivity contribution in [1.82, 2.24) is 14.1 Å². The Labute approximate surface area is 305 Å². The third-order valence-electron chi connectivity index (χ3n) is 10.7. The van der Waals surface area contributed by atoms with Gasteiger partial charge in [-0.25, -0.2) is 4.98 Å². The van der Waals surface area contributed by atoms with E-state index >= 15 is 0 Å². The predicted molar refractivity (Wildman–Crippen MR) is 224 cm³/mol. The second-order valence-corrected chi connectivity index (χ2v) is 15.7. The Morgan fingerprint density at radius 3 is 1.60 bits per heavy atom. The Balaban J connectivity index is 1.17. The average molecular weight is 698 g/mol. The molecule has 0 aliphatic heterocycles. The maximum Gasteiger partial charge on any atom is 0.138 e. The fourth-order valence-corrected chi connectivity index (χ4v) is 10.6. The lowest BCUT2D eigenvalue weighted by atomic mass is 10.1. The second-order valence-electron chi connectivity index (χ2n) is 13.5. The van der Waals surface area contributed by atoms with Gasteiger partial charge in [0.25, 0.3) is 0 Å². The van der Waals surface area contributed by atoms with Crippen LogP contribution in [0.15, 0.2) is 164 Å². The lowest BCUT2D eigenvalue weighted by Gasteiger charge is -2.13. The molecule has 0 amide bonds. The number of hydrogen-bond acceptors (Lipinski definition) is 3. The molecule has 0 atom stereocenters. The second kappa shape index (κ2) is 10.6. The third-order valence-corrected chi connectivity index (χ3v) is 13.0. The van der Waals surface area contributed by atoms with Crippen molar-refractivity contribution >= 4 is 107 Å². The first kappa shape index (κ1) is 28.4. The Kier molecular flexibility index (Phi) is 5.81. The molecule has 0 radical (unpaired) electrons. The monoisotopic (exact) mass is 697 g/mol. The van der Waals surface area contributed by atoms with Gasteiger partial charge in [0.1, 0.15) is 5.82 Å². The van der Waals surface area contributed by atoms with E-state index in [0.717, 1.165) is 33.8 Å². The van der Waals surface area contributed by atoms with E-state index in [1.807, 2.05) is 22.7 Å². The quantitative estimate of drug-likeness (QED) is 0.180. The molecular weight excluding hydrogens is 671 g/mol. The molecular formula is C47H27N3S2. The molecule has 0 saturated heterocycles. The van der Waals surface area contributed by atoms with Gasteiger partial charge in [0.05, 0.1) is 27.8 Å². The van der Waals surface area contributed by atoms with Gasteiger partial charge in [0.2, 0.25) is 0 Å². The summed E-state index contributed by atoms with van der Waals surface area (Å²) in [7, 11) is 0. The van der Waals surface area contributed by atoms with Crippen LogP contribution < -0.4 is 0 Å². The maximum absolute atomic E-state index is 5.45. The van der Waals surface area contributed by atoms with Crippen LogP contribution in [0, 0.1) is 0 Å². The number of thiophene rings is 2. The van der Waals surface area contributed by atoms with E-state index in [0.29, 0.717) is 0 Å². The molecule has 0 fully saturated rings. The Morgan fingerprint density at radius 2 is 0.904 bits per heavy atom. The van der Waals surface area contributed by atoms with Crippen LogP contribution in [0.3, 0.4) is 0 Å². The smallest absolute Gasteiger partial charge is 0.138 e. The van der Waals surface area contributed by atoms with Gasteiger partial charge < -0.3 is 4.57 Å². The van der Waals surface area contributed by atoms with Gasteiger partial charge in [0, 0.05) is 73.1 Å². The summed E-state index contributed by atoms with van der Waals surface area (Å²) < 4.78 is 10.1. The fourth-order valence-electron chi connectivity index (χ4n) is 8.45. The molecule has 242 valence electrons. The molecule has 12 rings (SSSR count). The van der Waals surface area contributed by atoms with Crippen LogP contribution in [0.1, 0.15) is 0 Å². The molecule has 5 heterocycles. The lowest BCUT2D eigenvalue weighted by molar-refractivity contribution is 1.08. The average Bonchev–Trinajstić information content (AvgIpc) is 3.95. The van der Waals surface area contributed by atoms with Gasteiger partial charge in [-0.1, -0.05) is 97.1 Å². The lowest BCUT2D eigenvalue weighted by Crippen LogP contribution is -2.01. The minimum Gasteiger partial charge on any atom is -0.307 e. The highest BCUT2D eigenvalue weighted by molar-refractivity contribution is 7.26. The Morgan fingerprint density at radius 1 is 0.365 bits per heavy atom. The van der Waals surface area contributed by atoms with Crippen molar-refractivity contribution in [1.29, 1.82) is 0 Å². The predicted octanol–water partition coefficient (Wildman–Crippen LogP) is 13.7. The minimum absolute atomic E-state index is 0.905. The number of hydrogen-bond donors (Lipinski definition) is 0. The number of rotatable bonds is 3. The normalized spacial score (nSPS) is 12.2. The van der Waals surface area contributed by atoms with Crippen molar-refractivity contribution in [3.05, 3.63) is 164 Å². The number of aromatic nitrogens is 3. The van der Waals surface area contributed by atoms with Gasteiger partial charge in [0.15, 0.2) is 0 Å². The van der Waals surface area contributed by atoms with Gasteiger partial charge in [-0.2, -0.15) is 0 Å². The fraction of sp³-hybridized carbons (Fsp3) is 0. The first-order valence-corrected chi connectivity index (χ1v) is 19.2. The molecule has 0 bridgehead atoms. The molecule has 0 unspecified atom stereocenters. The summed E-state index contributed by atoms with van der Waals surface area (Å²) in [6, 6.07) is 59.8. The highest BCUT2D eigenvalue weighted by atomic mass is 32.1. The van der Waals surface area contributed by atoms with Crippen LogP contribution in [0.4, 0.5) is 0 Å². The molecule has 5 aromatic heterocycles. The zero-order chi connectivity index (χ0) is 33.9. The van der Waals surface area contributed by atoms with Crippen molar-refractivity contribution in [3.8, 4) is 22.8 Å². The highest BCUT2D eigenvalue weighted by Gasteiger charge is 2.22. The van der Waals surface area contributed by atoms with E-state index in [1.54, 1.807) is 0 Å². The maximum atomic E-state index is 5.45. The molecule has 7 aromatic carbocycles. The van der Waals surface area contributed by atoms with Crippen molar-refractivity contribution in [2.75, 3.05) is 0 Å². The van der Waals surface area contributed by atoms with Crippen LogP contribution in [0.5, 0.6) is 0 Å². The van der Waals surface area contributed by atoms with Gasteiger partial charge in [-0.05, 0) is 66.7 Å². The first-order valence-electron chi connectivity index (χ1n) is 17.5. The summed E-state index contributed by atoms with van der Waals surface area (Å²) in [6.45, 7) is 0. The van der Waals surface area contributed by atoms with E-state index in [-0.39, 0.29) is 0 Å². The van der Waals surface area contributed by atoms with Crippen molar-refractivity contribution in [2.24, 2.45) is 0 Å². The van der Waals surface area contributed by atoms with E-state index in [4.69, 9.17) is 4.98 Å². The standard InChI is InChI=1S/C47H27N3S2/c1-5-15-39-30(10-1)34-22-23-35-31-11-2-6-16-40(31)50(47(35)46(34)49(39)29-21-25-44-37(27-29)33-13-4-8-18-42(33)52-44)45-19-9-14-38(48-45)28-20-24-43-36(26-28)32-12-3-7-17-41(32)51-43/h1-27H. The molecule has 0 N–H and O–H groups in total. The first-order chi connectivity index (χ1) is 25.8. The number of nitrogens with zero attached hydrogens (tertiary/aromatic N) is 3. The largest absolute Gasteiger partial charge is 0.307 e. The number of benzene rings is 7. The van der Waals surface area contributed by atoms with Gasteiger partial charge >= 0.3 is 0 Å². The van der Waals surface area contributed by atoms with Crippen molar-refractivity contribution < 1.29 is 0 Å². The number of para-hydroxylation sites is 2. The molecule has 5 heteroatoms. The minimum atomic E-state index is 0.905. The summed E-state index contributed by atoms with van der Waals surface area (Å²) in [6.07, 6.45) is 0. The third kappa shape index (κ3) is 3.92. The van der Waals surface area contributed by atoms with Crippen LogP contribution >= 0.6 is 22.7 Å². The van der Waals surface area contributed by atoms with E-state index in [9.17, 15) is 0 Å². The van der Waals surface area contributed by atoms with Crippen LogP contribution in [-0.2, 0) is 0 Å². The number of fused-ring (bicyclic) bond motifs is 13. The molecule has 3 nitrogen and oxygen atoms in total. The SMILES string of the molecule is c1cc(-c2ccc3sc4ccccc4c3c2)nc(-n2c3ccccc3c3ccc4c5ccccc5n(-c5ccc6sc7ccccc7c6c5)c4c32)c1. The van der Waals surface area contributed by atoms with Crippen molar-refractivity contribution in [3.63, 3.8) is 0 Å². The molecule has 52 heavy (non-hydrogen) atoms. The van der Waals surface area contributed by atoms with E-state index < -0.39 is 0 Å². The summed E-state index contributed by atoms with van der Waals surface area (Å²) in [5.74, 6) is 0.905. The summed E-state index contributed by atoms with van der Waals surface area (Å²) >= 11 is 3.71. The van der Waals surface area contributed by atoms with Gasteiger partial charge in [-0.3, -0.25) is 4.57 Å². The molecule has 12 aromatic rings. The summed E-state index contributed by atoms with van der Waals surface area (Å²) in [5.41, 5.74) is 7.92. The molecule has 0 spiro atoms. The molecule has 0 aliphatic carbocycles. The van der Waals surface area contributed by atoms with E-state index in [2.05, 4.69) is 173 Å². The zero-order valence-corrected chi connectivity index (χ0v) is 29.4. The molecule has 0 saturated carbocycles. The van der Waals surface area contributed by atoms with E-state index in [1.165, 1.54) is 72.9 Å².